The van der Waals surface area contributed by atoms with Gasteiger partial charge in [0, 0.05) is 17.8 Å². The van der Waals surface area contributed by atoms with Crippen LogP contribution in [0.15, 0.2) is 48.5 Å². The smallest absolute Gasteiger partial charge is 0.212 e. The second-order valence-corrected chi connectivity index (χ2v) is 12.8. The van der Waals surface area contributed by atoms with Gasteiger partial charge in [-0.25, -0.2) is 0 Å². The average molecular weight is 530 g/mol. The van der Waals surface area contributed by atoms with Gasteiger partial charge < -0.3 is 9.64 Å². The summed E-state index contributed by atoms with van der Waals surface area (Å²) in [4.78, 5) is 2.56. The highest BCUT2D eigenvalue weighted by Gasteiger charge is 2.58. The van der Waals surface area contributed by atoms with Crippen LogP contribution in [-0.4, -0.2) is 12.3 Å². The first kappa shape index (κ1) is 29.8. The molecule has 1 spiro atoms. The van der Waals surface area contributed by atoms with E-state index < -0.39 is 5.72 Å². The molecule has 0 N–H and O–H groups in total. The summed E-state index contributed by atoms with van der Waals surface area (Å²) in [5.41, 5.74) is 4.57. The lowest BCUT2D eigenvalue weighted by Crippen LogP contribution is -2.59. The molecule has 214 valence electrons. The zero-order valence-corrected chi connectivity index (χ0v) is 25.6. The molecule has 0 aromatic heterocycles. The van der Waals surface area contributed by atoms with E-state index in [4.69, 9.17) is 4.74 Å². The predicted octanol–water partition coefficient (Wildman–Crippen LogP) is 11.2. The molecule has 4 rings (SSSR count). The van der Waals surface area contributed by atoms with Crippen molar-refractivity contribution in [3.8, 4) is 5.75 Å². The van der Waals surface area contributed by atoms with Crippen LogP contribution in [0.2, 0.25) is 0 Å². The number of ether oxygens (including phenoxy) is 1. The number of hydrogen-bond donors (Lipinski definition) is 0. The molecule has 0 bridgehead atoms. The second-order valence-electron chi connectivity index (χ2n) is 12.8. The monoisotopic (exact) mass is 529 g/mol. The van der Waals surface area contributed by atoms with Crippen molar-refractivity contribution >= 4 is 11.8 Å². The number of fused-ring (bicyclic) bond motifs is 2. The van der Waals surface area contributed by atoms with Gasteiger partial charge in [0.25, 0.3) is 0 Å². The van der Waals surface area contributed by atoms with E-state index in [1.54, 1.807) is 0 Å². The van der Waals surface area contributed by atoms with Gasteiger partial charge in [0.05, 0.1) is 5.41 Å². The van der Waals surface area contributed by atoms with E-state index >= 15 is 0 Å². The fraction of sp³-hybridized carbons (Fsp3) is 0.622. The van der Waals surface area contributed by atoms with Gasteiger partial charge >= 0.3 is 0 Å². The van der Waals surface area contributed by atoms with Crippen LogP contribution in [0.4, 0.5) is 5.69 Å². The van der Waals surface area contributed by atoms with Gasteiger partial charge in [0.1, 0.15) is 5.75 Å². The van der Waals surface area contributed by atoms with Gasteiger partial charge in [0.15, 0.2) is 0 Å². The Hall–Kier alpha value is -2.22. The van der Waals surface area contributed by atoms with Crippen LogP contribution in [0.5, 0.6) is 5.75 Å². The first-order valence-electron chi connectivity index (χ1n) is 16.4. The summed E-state index contributed by atoms with van der Waals surface area (Å²) in [5.74, 6) is 1.00. The minimum atomic E-state index is -0.478. The van der Waals surface area contributed by atoms with E-state index in [0.717, 1.165) is 12.3 Å². The van der Waals surface area contributed by atoms with Crippen LogP contribution in [-0.2, 0) is 5.41 Å². The van der Waals surface area contributed by atoms with Gasteiger partial charge in [-0.05, 0) is 63.1 Å². The maximum absolute atomic E-state index is 6.96. The molecule has 2 nitrogen and oxygen atoms in total. The summed E-state index contributed by atoms with van der Waals surface area (Å²) in [6, 6.07) is 15.5. The Morgan fingerprint density at radius 2 is 1.26 bits per heavy atom. The number of rotatable bonds is 17. The fourth-order valence-electron chi connectivity index (χ4n) is 6.83. The zero-order chi connectivity index (χ0) is 27.6. The van der Waals surface area contributed by atoms with Crippen molar-refractivity contribution in [3.05, 3.63) is 65.2 Å². The standard InChI is InChI=1S/C37H55NO/c1-5-6-7-8-9-10-11-12-13-14-15-16-17-18-19-22-29-38-34-24-21-20-23-33(34)36(3,4)37(38)28-27-32-30-31(2)25-26-35(32)39-37/h20-21,23-28,30H,5-19,22,29H2,1-4H3/t37-/m1/s1. The van der Waals surface area contributed by atoms with Crippen LogP contribution in [0.1, 0.15) is 140 Å². The van der Waals surface area contributed by atoms with Gasteiger partial charge in [-0.2, -0.15) is 0 Å². The Morgan fingerprint density at radius 3 is 1.87 bits per heavy atom. The van der Waals surface area contributed by atoms with Gasteiger partial charge in [0.2, 0.25) is 5.72 Å². The Morgan fingerprint density at radius 1 is 0.692 bits per heavy atom. The van der Waals surface area contributed by atoms with Crippen molar-refractivity contribution in [2.45, 2.75) is 142 Å². The van der Waals surface area contributed by atoms with E-state index in [1.807, 2.05) is 0 Å². The molecule has 0 amide bonds. The van der Waals surface area contributed by atoms with Crippen LogP contribution in [0.3, 0.4) is 0 Å². The van der Waals surface area contributed by atoms with E-state index in [0.29, 0.717) is 0 Å². The van der Waals surface area contributed by atoms with E-state index in [-0.39, 0.29) is 5.41 Å². The highest BCUT2D eigenvalue weighted by Crippen LogP contribution is 2.54. The molecular weight excluding hydrogens is 474 g/mol. The average Bonchev–Trinajstić information content (AvgIpc) is 3.11. The lowest BCUT2D eigenvalue weighted by molar-refractivity contribution is 0.0531. The van der Waals surface area contributed by atoms with Crippen molar-refractivity contribution in [2.24, 2.45) is 0 Å². The number of nitrogens with zero attached hydrogens (tertiary/aromatic N) is 1. The van der Waals surface area contributed by atoms with Gasteiger partial charge in [-0.1, -0.05) is 133 Å². The van der Waals surface area contributed by atoms with Crippen molar-refractivity contribution < 1.29 is 4.74 Å². The molecule has 2 aliphatic heterocycles. The Balaban J connectivity index is 1.19. The quantitative estimate of drug-likeness (QED) is 0.189. The SMILES string of the molecule is CCCCCCCCCCCCCCCCCCN1c2ccccc2C(C)(C)[C@]12C=Cc1cc(C)ccc1O2. The van der Waals surface area contributed by atoms with Crippen molar-refractivity contribution in [3.63, 3.8) is 0 Å². The number of hydrogen-bond acceptors (Lipinski definition) is 2. The fourth-order valence-corrected chi connectivity index (χ4v) is 6.83. The summed E-state index contributed by atoms with van der Waals surface area (Å²) in [6.45, 7) is 10.2. The zero-order valence-electron chi connectivity index (χ0n) is 25.6. The van der Waals surface area contributed by atoms with E-state index in [2.05, 4.69) is 87.2 Å². The Bertz CT molecular complexity index is 1050. The molecule has 0 unspecified atom stereocenters. The minimum Gasteiger partial charge on any atom is -0.463 e. The van der Waals surface area contributed by atoms with Gasteiger partial charge in [-0.3, -0.25) is 0 Å². The van der Waals surface area contributed by atoms with Crippen LogP contribution >= 0.6 is 0 Å². The molecule has 0 fully saturated rings. The molecule has 0 saturated heterocycles. The van der Waals surface area contributed by atoms with E-state index in [9.17, 15) is 0 Å². The van der Waals surface area contributed by atoms with Crippen molar-refractivity contribution in [2.75, 3.05) is 11.4 Å². The largest absolute Gasteiger partial charge is 0.463 e. The summed E-state index contributed by atoms with van der Waals surface area (Å²) in [5, 5.41) is 0. The molecule has 2 heterocycles. The Labute approximate surface area is 240 Å². The molecule has 1 atom stereocenters. The summed E-state index contributed by atoms with van der Waals surface area (Å²) in [6.07, 6.45) is 27.1. The number of unbranched alkanes of at least 4 members (excludes halogenated alkanes) is 15. The van der Waals surface area contributed by atoms with Crippen LogP contribution < -0.4 is 9.64 Å². The summed E-state index contributed by atoms with van der Waals surface area (Å²) >= 11 is 0. The number of anilines is 1. The molecule has 0 aliphatic carbocycles. The predicted molar refractivity (Wildman–Crippen MR) is 170 cm³/mol. The third kappa shape index (κ3) is 7.11. The van der Waals surface area contributed by atoms with E-state index in [1.165, 1.54) is 125 Å². The number of aryl methyl sites for hydroxylation is 1. The summed E-state index contributed by atoms with van der Waals surface area (Å²) in [7, 11) is 0. The molecule has 2 heteroatoms. The Kier molecular flexibility index (Phi) is 11.0. The normalized spacial score (nSPS) is 18.8. The lowest BCUT2D eigenvalue weighted by atomic mass is 9.76. The van der Waals surface area contributed by atoms with Gasteiger partial charge in [-0.15, -0.1) is 0 Å². The molecule has 2 aromatic rings. The van der Waals surface area contributed by atoms with Crippen LogP contribution in [0.25, 0.3) is 6.08 Å². The first-order valence-corrected chi connectivity index (χ1v) is 16.4. The molecule has 2 aliphatic rings. The highest BCUT2D eigenvalue weighted by atomic mass is 16.5. The molecule has 0 radical (unpaired) electrons. The first-order chi connectivity index (χ1) is 19.0. The summed E-state index contributed by atoms with van der Waals surface area (Å²) < 4.78 is 6.96. The van der Waals surface area contributed by atoms with Crippen molar-refractivity contribution in [1.29, 1.82) is 0 Å². The minimum absolute atomic E-state index is 0.141. The number of benzene rings is 2. The maximum atomic E-state index is 6.96. The second kappa shape index (κ2) is 14.4. The molecular formula is C37H55NO. The third-order valence-corrected chi connectivity index (χ3v) is 9.32. The van der Waals surface area contributed by atoms with Crippen LogP contribution in [0, 0.1) is 6.92 Å². The molecule has 39 heavy (non-hydrogen) atoms. The third-order valence-electron chi connectivity index (χ3n) is 9.32. The van der Waals surface area contributed by atoms with Crippen molar-refractivity contribution in [1.82, 2.24) is 0 Å². The molecule has 0 saturated carbocycles. The molecule has 2 aromatic carbocycles. The number of para-hydroxylation sites is 1. The topological polar surface area (TPSA) is 12.5 Å². The maximum Gasteiger partial charge on any atom is 0.212 e. The highest BCUT2D eigenvalue weighted by molar-refractivity contribution is 5.72. The lowest BCUT2D eigenvalue weighted by Gasteiger charge is -2.47.